The standard InChI is InChI=1S/C13H8ClNS/c14-11-4-1-9(2-5-11)10-3-6-12-13(7-10)16-8-15-12/h1-8H. The van der Waals surface area contributed by atoms with Gasteiger partial charge in [0, 0.05) is 5.02 Å². The second-order valence-electron chi connectivity index (χ2n) is 3.54. The molecule has 2 aromatic carbocycles. The van der Waals surface area contributed by atoms with Gasteiger partial charge in [-0.05, 0) is 35.4 Å². The van der Waals surface area contributed by atoms with Gasteiger partial charge in [0.05, 0.1) is 15.7 Å². The van der Waals surface area contributed by atoms with Gasteiger partial charge in [-0.25, -0.2) is 4.98 Å². The van der Waals surface area contributed by atoms with Crippen LogP contribution in [0.1, 0.15) is 0 Å². The molecule has 3 heteroatoms. The summed E-state index contributed by atoms with van der Waals surface area (Å²) < 4.78 is 1.22. The number of nitrogens with zero attached hydrogens (tertiary/aromatic N) is 1. The van der Waals surface area contributed by atoms with Crippen LogP contribution in [0.5, 0.6) is 0 Å². The maximum atomic E-state index is 5.87. The number of aromatic nitrogens is 1. The van der Waals surface area contributed by atoms with Crippen molar-refractivity contribution in [3.05, 3.63) is 53.0 Å². The van der Waals surface area contributed by atoms with Gasteiger partial charge in [0.15, 0.2) is 0 Å². The van der Waals surface area contributed by atoms with Gasteiger partial charge in [0.25, 0.3) is 0 Å². The third kappa shape index (κ3) is 1.70. The van der Waals surface area contributed by atoms with Gasteiger partial charge in [-0.3, -0.25) is 0 Å². The molecular weight excluding hydrogens is 238 g/mol. The molecule has 0 unspecified atom stereocenters. The van der Waals surface area contributed by atoms with Crippen LogP contribution >= 0.6 is 22.9 Å². The van der Waals surface area contributed by atoms with Crippen LogP contribution in [-0.4, -0.2) is 4.98 Å². The fourth-order valence-electron chi connectivity index (χ4n) is 1.68. The van der Waals surface area contributed by atoms with E-state index < -0.39 is 0 Å². The molecule has 78 valence electrons. The highest BCUT2D eigenvalue weighted by Crippen LogP contribution is 2.26. The number of hydrogen-bond donors (Lipinski definition) is 0. The molecule has 0 saturated carbocycles. The molecule has 0 fully saturated rings. The Balaban J connectivity index is 2.14. The van der Waals surface area contributed by atoms with E-state index in [0.717, 1.165) is 10.5 Å². The van der Waals surface area contributed by atoms with Gasteiger partial charge < -0.3 is 0 Å². The summed E-state index contributed by atoms with van der Waals surface area (Å²) in [5.41, 5.74) is 5.31. The van der Waals surface area contributed by atoms with Crippen LogP contribution in [0.4, 0.5) is 0 Å². The number of benzene rings is 2. The normalized spacial score (nSPS) is 10.8. The van der Waals surface area contributed by atoms with Crippen LogP contribution in [0.15, 0.2) is 48.0 Å². The number of thiazole rings is 1. The van der Waals surface area contributed by atoms with Crippen molar-refractivity contribution in [1.82, 2.24) is 4.98 Å². The zero-order valence-electron chi connectivity index (χ0n) is 8.35. The van der Waals surface area contributed by atoms with Crippen LogP contribution in [0.2, 0.25) is 5.02 Å². The first-order valence-electron chi connectivity index (χ1n) is 4.92. The zero-order valence-corrected chi connectivity index (χ0v) is 9.92. The third-order valence-electron chi connectivity index (χ3n) is 2.51. The largest absolute Gasteiger partial charge is 0.245 e. The van der Waals surface area contributed by atoms with Gasteiger partial charge in [-0.15, -0.1) is 11.3 Å². The van der Waals surface area contributed by atoms with Crippen LogP contribution in [0.25, 0.3) is 21.3 Å². The Morgan fingerprint density at radius 2 is 1.69 bits per heavy atom. The molecule has 0 N–H and O–H groups in total. The predicted molar refractivity (Wildman–Crippen MR) is 70.1 cm³/mol. The molecular formula is C13H8ClNS. The fraction of sp³-hybridized carbons (Fsp3) is 0. The van der Waals surface area contributed by atoms with Crippen LogP contribution in [0, 0.1) is 0 Å². The lowest BCUT2D eigenvalue weighted by Crippen LogP contribution is -1.76. The average molecular weight is 246 g/mol. The molecule has 3 aromatic rings. The van der Waals surface area contributed by atoms with E-state index in [0.29, 0.717) is 0 Å². The highest BCUT2D eigenvalue weighted by atomic mass is 35.5. The summed E-state index contributed by atoms with van der Waals surface area (Å²) in [7, 11) is 0. The second-order valence-corrected chi connectivity index (χ2v) is 4.86. The minimum atomic E-state index is 0.766. The number of fused-ring (bicyclic) bond motifs is 1. The van der Waals surface area contributed by atoms with E-state index in [1.807, 2.05) is 29.8 Å². The molecule has 16 heavy (non-hydrogen) atoms. The molecule has 0 aliphatic rings. The van der Waals surface area contributed by atoms with E-state index in [4.69, 9.17) is 11.6 Å². The van der Waals surface area contributed by atoms with E-state index in [9.17, 15) is 0 Å². The smallest absolute Gasteiger partial charge is 0.0812 e. The molecule has 0 aliphatic heterocycles. The zero-order chi connectivity index (χ0) is 11.0. The third-order valence-corrected chi connectivity index (χ3v) is 3.55. The van der Waals surface area contributed by atoms with Gasteiger partial charge >= 0.3 is 0 Å². The van der Waals surface area contributed by atoms with Crippen LogP contribution in [0.3, 0.4) is 0 Å². The Morgan fingerprint density at radius 1 is 0.938 bits per heavy atom. The molecule has 0 bridgehead atoms. The number of rotatable bonds is 1. The molecule has 3 rings (SSSR count). The highest BCUT2D eigenvalue weighted by molar-refractivity contribution is 7.16. The summed E-state index contributed by atoms with van der Waals surface area (Å²) in [4.78, 5) is 4.27. The summed E-state index contributed by atoms with van der Waals surface area (Å²) in [5, 5.41) is 0.766. The number of halogens is 1. The molecule has 0 amide bonds. The summed E-state index contributed by atoms with van der Waals surface area (Å²) >= 11 is 7.53. The van der Waals surface area contributed by atoms with E-state index >= 15 is 0 Å². The van der Waals surface area contributed by atoms with E-state index in [1.165, 1.54) is 15.8 Å². The first kappa shape index (κ1) is 9.82. The Hall–Kier alpha value is -1.38. The first-order chi connectivity index (χ1) is 7.83. The maximum absolute atomic E-state index is 5.87. The number of hydrogen-bond acceptors (Lipinski definition) is 2. The topological polar surface area (TPSA) is 12.9 Å². The van der Waals surface area contributed by atoms with E-state index in [1.54, 1.807) is 11.3 Å². The van der Waals surface area contributed by atoms with Crippen molar-refractivity contribution in [1.29, 1.82) is 0 Å². The summed E-state index contributed by atoms with van der Waals surface area (Å²) in [6.07, 6.45) is 0. The quantitative estimate of drug-likeness (QED) is 0.610. The average Bonchev–Trinajstić information content (AvgIpc) is 2.77. The van der Waals surface area contributed by atoms with E-state index in [2.05, 4.69) is 23.2 Å². The summed E-state index contributed by atoms with van der Waals surface area (Å²) in [5.74, 6) is 0. The van der Waals surface area contributed by atoms with Crippen LogP contribution in [-0.2, 0) is 0 Å². The lowest BCUT2D eigenvalue weighted by molar-refractivity contribution is 1.50. The van der Waals surface area contributed by atoms with Crippen LogP contribution < -0.4 is 0 Å². The molecule has 0 radical (unpaired) electrons. The van der Waals surface area contributed by atoms with Crippen molar-refractivity contribution in [2.45, 2.75) is 0 Å². The van der Waals surface area contributed by atoms with Crippen molar-refractivity contribution < 1.29 is 0 Å². The molecule has 1 aromatic heterocycles. The second kappa shape index (κ2) is 3.89. The Bertz CT molecular complexity index is 628. The Morgan fingerprint density at radius 3 is 2.50 bits per heavy atom. The molecule has 0 aliphatic carbocycles. The minimum absolute atomic E-state index is 0.766. The van der Waals surface area contributed by atoms with Crippen molar-refractivity contribution in [2.75, 3.05) is 0 Å². The molecule has 1 heterocycles. The van der Waals surface area contributed by atoms with Gasteiger partial charge in [-0.1, -0.05) is 29.8 Å². The van der Waals surface area contributed by atoms with Gasteiger partial charge in [-0.2, -0.15) is 0 Å². The maximum Gasteiger partial charge on any atom is 0.0812 e. The SMILES string of the molecule is Clc1ccc(-c2ccc3ncsc3c2)cc1. The fourth-order valence-corrected chi connectivity index (χ4v) is 2.52. The van der Waals surface area contributed by atoms with Crippen molar-refractivity contribution in [2.24, 2.45) is 0 Å². The van der Waals surface area contributed by atoms with E-state index in [-0.39, 0.29) is 0 Å². The molecule has 0 atom stereocenters. The minimum Gasteiger partial charge on any atom is -0.245 e. The molecule has 1 nitrogen and oxygen atoms in total. The van der Waals surface area contributed by atoms with Crippen molar-refractivity contribution in [3.63, 3.8) is 0 Å². The van der Waals surface area contributed by atoms with Gasteiger partial charge in [0.1, 0.15) is 0 Å². The predicted octanol–water partition coefficient (Wildman–Crippen LogP) is 4.62. The first-order valence-corrected chi connectivity index (χ1v) is 6.18. The lowest BCUT2D eigenvalue weighted by Gasteiger charge is -2.01. The monoisotopic (exact) mass is 245 g/mol. The highest BCUT2D eigenvalue weighted by Gasteiger charge is 2.01. The van der Waals surface area contributed by atoms with Crippen molar-refractivity contribution in [3.8, 4) is 11.1 Å². The molecule has 0 spiro atoms. The summed E-state index contributed by atoms with van der Waals surface area (Å²) in [6.45, 7) is 0. The summed E-state index contributed by atoms with van der Waals surface area (Å²) in [6, 6.07) is 14.2. The van der Waals surface area contributed by atoms with Gasteiger partial charge in [0.2, 0.25) is 0 Å². The Labute approximate surface area is 102 Å². The van der Waals surface area contributed by atoms with Crippen molar-refractivity contribution >= 4 is 33.2 Å². The lowest BCUT2D eigenvalue weighted by atomic mass is 10.1. The Kier molecular flexibility index (Phi) is 2.39. The molecule has 0 saturated heterocycles.